The van der Waals surface area contributed by atoms with Gasteiger partial charge in [0, 0.05) is 6.61 Å². The van der Waals surface area contributed by atoms with Crippen molar-refractivity contribution < 1.29 is 15.0 Å². The Balaban J connectivity index is 2.91. The molecule has 0 radical (unpaired) electrons. The Bertz CT molecular complexity index is 335. The molecule has 1 unspecified atom stereocenters. The van der Waals surface area contributed by atoms with Gasteiger partial charge in [0.15, 0.2) is 0 Å². The number of hydrogen-bond donors (Lipinski definition) is 2. The molecule has 0 aromatic heterocycles. The lowest BCUT2D eigenvalue weighted by molar-refractivity contribution is -0.113. The van der Waals surface area contributed by atoms with Crippen LogP contribution >= 0.6 is 0 Å². The van der Waals surface area contributed by atoms with E-state index in [9.17, 15) is 9.90 Å². The lowest BCUT2D eigenvalue weighted by Gasteiger charge is -2.25. The smallest absolute Gasteiger partial charge is 0.130 e. The molecule has 3 nitrogen and oxygen atoms in total. The summed E-state index contributed by atoms with van der Waals surface area (Å²) in [5.74, 6) is -0.518. The van der Waals surface area contributed by atoms with Gasteiger partial charge in [0.1, 0.15) is 6.29 Å². The Hall–Kier alpha value is -1.19. The van der Waals surface area contributed by atoms with Crippen LogP contribution < -0.4 is 0 Å². The minimum Gasteiger partial charge on any atom is -0.396 e. The first-order valence-electron chi connectivity index (χ1n) is 5.36. The summed E-state index contributed by atoms with van der Waals surface area (Å²) < 4.78 is 0. The molecule has 1 aromatic rings. The normalized spacial score (nSPS) is 13.5. The predicted octanol–water partition coefficient (Wildman–Crippen LogP) is 1.27. The SMILES string of the molecule is CC(C)(O)C(C=O)c1ccc(CCO)cc1. The Morgan fingerprint density at radius 3 is 2.25 bits per heavy atom. The molecule has 0 amide bonds. The highest BCUT2D eigenvalue weighted by Crippen LogP contribution is 2.26. The first kappa shape index (κ1) is 12.9. The number of rotatable bonds is 5. The number of hydrogen-bond acceptors (Lipinski definition) is 3. The van der Waals surface area contributed by atoms with Gasteiger partial charge in [0.05, 0.1) is 11.5 Å². The monoisotopic (exact) mass is 222 g/mol. The number of carbonyl (C=O) groups is 1. The molecule has 1 atom stereocenters. The van der Waals surface area contributed by atoms with Crippen LogP contribution in [0.2, 0.25) is 0 Å². The third-order valence-electron chi connectivity index (χ3n) is 2.64. The zero-order valence-electron chi connectivity index (χ0n) is 9.68. The molecule has 3 heteroatoms. The molecule has 1 rings (SSSR count). The molecule has 0 aliphatic rings. The molecule has 0 bridgehead atoms. The summed E-state index contributed by atoms with van der Waals surface area (Å²) in [5, 5.41) is 18.6. The molecule has 0 spiro atoms. The quantitative estimate of drug-likeness (QED) is 0.738. The molecule has 0 saturated heterocycles. The first-order valence-corrected chi connectivity index (χ1v) is 5.36. The Labute approximate surface area is 95.7 Å². The van der Waals surface area contributed by atoms with Crippen LogP contribution in [0.3, 0.4) is 0 Å². The third-order valence-corrected chi connectivity index (χ3v) is 2.64. The van der Waals surface area contributed by atoms with Gasteiger partial charge in [-0.1, -0.05) is 24.3 Å². The lowest BCUT2D eigenvalue weighted by atomic mass is 9.85. The fourth-order valence-corrected chi connectivity index (χ4v) is 1.67. The van der Waals surface area contributed by atoms with Crippen LogP contribution in [-0.4, -0.2) is 28.7 Å². The standard InChI is InChI=1S/C13H18O3/c1-13(2,16)12(9-15)11-5-3-10(4-6-11)7-8-14/h3-6,9,12,14,16H,7-8H2,1-2H3. The van der Waals surface area contributed by atoms with Gasteiger partial charge in [-0.05, 0) is 31.4 Å². The Morgan fingerprint density at radius 1 is 1.31 bits per heavy atom. The van der Waals surface area contributed by atoms with E-state index in [-0.39, 0.29) is 6.61 Å². The van der Waals surface area contributed by atoms with Crippen molar-refractivity contribution in [2.24, 2.45) is 0 Å². The van der Waals surface area contributed by atoms with Gasteiger partial charge in [-0.2, -0.15) is 0 Å². The fraction of sp³-hybridized carbons (Fsp3) is 0.462. The van der Waals surface area contributed by atoms with E-state index >= 15 is 0 Å². The lowest BCUT2D eigenvalue weighted by Crippen LogP contribution is -2.29. The van der Waals surface area contributed by atoms with Crippen LogP contribution in [0.5, 0.6) is 0 Å². The molecular formula is C13H18O3. The van der Waals surface area contributed by atoms with Gasteiger partial charge in [-0.25, -0.2) is 0 Å². The number of aliphatic hydroxyl groups excluding tert-OH is 1. The summed E-state index contributed by atoms with van der Waals surface area (Å²) in [6, 6.07) is 7.38. The topological polar surface area (TPSA) is 57.5 Å². The first-order chi connectivity index (χ1) is 7.49. The molecule has 88 valence electrons. The molecule has 0 heterocycles. The number of benzene rings is 1. The highest BCUT2D eigenvalue weighted by molar-refractivity contribution is 5.64. The zero-order chi connectivity index (χ0) is 12.2. The molecular weight excluding hydrogens is 204 g/mol. The van der Waals surface area contributed by atoms with E-state index in [0.717, 1.165) is 17.4 Å². The van der Waals surface area contributed by atoms with Gasteiger partial charge in [-0.15, -0.1) is 0 Å². The van der Waals surface area contributed by atoms with Crippen LogP contribution in [0, 0.1) is 0 Å². The molecule has 0 fully saturated rings. The van der Waals surface area contributed by atoms with Gasteiger partial charge in [0.25, 0.3) is 0 Å². The summed E-state index contributed by atoms with van der Waals surface area (Å²) in [5.41, 5.74) is 0.760. The highest BCUT2D eigenvalue weighted by Gasteiger charge is 2.27. The van der Waals surface area contributed by atoms with Gasteiger partial charge < -0.3 is 15.0 Å². The molecule has 0 aliphatic heterocycles. The van der Waals surface area contributed by atoms with Crippen LogP contribution in [0.1, 0.15) is 30.9 Å². The van der Waals surface area contributed by atoms with Crippen LogP contribution in [0.25, 0.3) is 0 Å². The van der Waals surface area contributed by atoms with Crippen molar-refractivity contribution in [1.82, 2.24) is 0 Å². The van der Waals surface area contributed by atoms with E-state index in [1.807, 2.05) is 24.3 Å². The summed E-state index contributed by atoms with van der Waals surface area (Å²) in [7, 11) is 0. The second-order valence-electron chi connectivity index (χ2n) is 4.48. The summed E-state index contributed by atoms with van der Waals surface area (Å²) in [6.07, 6.45) is 1.37. The molecule has 2 N–H and O–H groups in total. The number of carbonyl (C=O) groups excluding carboxylic acids is 1. The van der Waals surface area contributed by atoms with Crippen LogP contribution in [0.4, 0.5) is 0 Å². The summed E-state index contributed by atoms with van der Waals surface area (Å²) in [6.45, 7) is 3.35. The minimum absolute atomic E-state index is 0.113. The predicted molar refractivity (Wildman–Crippen MR) is 62.3 cm³/mol. The molecule has 16 heavy (non-hydrogen) atoms. The van der Waals surface area contributed by atoms with Crippen molar-refractivity contribution in [2.45, 2.75) is 31.8 Å². The van der Waals surface area contributed by atoms with Gasteiger partial charge >= 0.3 is 0 Å². The van der Waals surface area contributed by atoms with E-state index in [4.69, 9.17) is 5.11 Å². The highest BCUT2D eigenvalue weighted by atomic mass is 16.3. The van der Waals surface area contributed by atoms with E-state index in [0.29, 0.717) is 6.42 Å². The van der Waals surface area contributed by atoms with Crippen molar-refractivity contribution in [3.63, 3.8) is 0 Å². The number of aliphatic hydroxyl groups is 2. The largest absolute Gasteiger partial charge is 0.396 e. The van der Waals surface area contributed by atoms with E-state index in [1.54, 1.807) is 13.8 Å². The summed E-state index contributed by atoms with van der Waals surface area (Å²) >= 11 is 0. The van der Waals surface area contributed by atoms with Crippen LogP contribution in [-0.2, 0) is 11.2 Å². The maximum Gasteiger partial charge on any atom is 0.130 e. The van der Waals surface area contributed by atoms with Gasteiger partial charge in [-0.3, -0.25) is 0 Å². The van der Waals surface area contributed by atoms with Crippen molar-refractivity contribution in [2.75, 3.05) is 6.61 Å². The average molecular weight is 222 g/mol. The van der Waals surface area contributed by atoms with Crippen molar-refractivity contribution >= 4 is 6.29 Å². The van der Waals surface area contributed by atoms with Gasteiger partial charge in [0.2, 0.25) is 0 Å². The minimum atomic E-state index is -1.06. The Morgan fingerprint density at radius 2 is 1.88 bits per heavy atom. The van der Waals surface area contributed by atoms with E-state index < -0.39 is 11.5 Å². The number of aldehydes is 1. The second kappa shape index (κ2) is 5.23. The molecule has 0 saturated carbocycles. The second-order valence-corrected chi connectivity index (χ2v) is 4.48. The molecule has 0 aliphatic carbocycles. The van der Waals surface area contributed by atoms with Crippen molar-refractivity contribution in [1.29, 1.82) is 0 Å². The van der Waals surface area contributed by atoms with E-state index in [2.05, 4.69) is 0 Å². The summed E-state index contributed by atoms with van der Waals surface area (Å²) in [4.78, 5) is 11.0. The Kier molecular flexibility index (Phi) is 4.21. The fourth-order valence-electron chi connectivity index (χ4n) is 1.67. The van der Waals surface area contributed by atoms with E-state index in [1.165, 1.54) is 0 Å². The third kappa shape index (κ3) is 3.15. The zero-order valence-corrected chi connectivity index (χ0v) is 9.68. The molecule has 1 aromatic carbocycles. The maximum absolute atomic E-state index is 11.0. The van der Waals surface area contributed by atoms with Crippen molar-refractivity contribution in [3.05, 3.63) is 35.4 Å². The van der Waals surface area contributed by atoms with Crippen molar-refractivity contribution in [3.8, 4) is 0 Å². The average Bonchev–Trinajstić information content (AvgIpc) is 2.20. The maximum atomic E-state index is 11.0. The van der Waals surface area contributed by atoms with Crippen LogP contribution in [0.15, 0.2) is 24.3 Å².